The minimum absolute atomic E-state index is 0.0107. The number of hydrogen-bond donors (Lipinski definition) is 1. The van der Waals surface area contributed by atoms with Crippen molar-refractivity contribution in [2.24, 2.45) is 17.1 Å². The largest absolute Gasteiger partial charge is 0.399 e. The zero-order chi connectivity index (χ0) is 19.8. The van der Waals surface area contributed by atoms with Crippen molar-refractivity contribution in [2.75, 3.05) is 19.6 Å². The van der Waals surface area contributed by atoms with Crippen molar-refractivity contribution >= 4 is 23.2 Å². The van der Waals surface area contributed by atoms with E-state index in [9.17, 15) is 15.8 Å². The molecule has 0 saturated heterocycles. The Bertz CT molecular complexity index is 960. The Morgan fingerprint density at radius 3 is 2.56 bits per heavy atom. The van der Waals surface area contributed by atoms with E-state index in [2.05, 4.69) is 23.1 Å². The summed E-state index contributed by atoms with van der Waals surface area (Å²) in [6.45, 7) is 4.13. The van der Waals surface area contributed by atoms with Crippen LogP contribution in [0.5, 0.6) is 0 Å². The van der Waals surface area contributed by atoms with Gasteiger partial charge in [0.15, 0.2) is 5.41 Å². The van der Waals surface area contributed by atoms with Gasteiger partial charge in [0.25, 0.3) is 0 Å². The molecule has 2 aliphatic rings. The van der Waals surface area contributed by atoms with Gasteiger partial charge in [-0.15, -0.1) is 0 Å². The van der Waals surface area contributed by atoms with Gasteiger partial charge in [-0.2, -0.15) is 15.8 Å². The van der Waals surface area contributed by atoms with E-state index in [0.29, 0.717) is 28.7 Å². The highest BCUT2D eigenvalue weighted by Crippen LogP contribution is 2.55. The number of allylic oxidation sites excluding steroid dienone is 2. The quantitative estimate of drug-likeness (QED) is 0.818. The highest BCUT2D eigenvalue weighted by atomic mass is 35.5. The molecule has 2 atom stereocenters. The van der Waals surface area contributed by atoms with Gasteiger partial charge in [-0.25, -0.2) is 0 Å². The van der Waals surface area contributed by atoms with Crippen molar-refractivity contribution in [3.05, 3.63) is 56.7 Å². The number of halogens is 2. The Hall–Kier alpha value is -2.49. The fourth-order valence-corrected chi connectivity index (χ4v) is 4.51. The predicted molar refractivity (Wildman–Crippen MR) is 103 cm³/mol. The number of nitrogens with two attached hydrogens (primary N) is 1. The normalized spacial score (nSPS) is 24.2. The third-order valence-corrected chi connectivity index (χ3v) is 6.06. The van der Waals surface area contributed by atoms with Gasteiger partial charge in [0.2, 0.25) is 0 Å². The maximum absolute atomic E-state index is 10.0. The molecule has 1 heterocycles. The van der Waals surface area contributed by atoms with Crippen molar-refractivity contribution in [3.8, 4) is 18.2 Å². The van der Waals surface area contributed by atoms with Crippen LogP contribution in [0.2, 0.25) is 10.0 Å². The summed E-state index contributed by atoms with van der Waals surface area (Å²) in [4.78, 5) is 2.19. The Balaban J connectivity index is 2.36. The average Bonchev–Trinajstić information content (AvgIpc) is 2.69. The van der Waals surface area contributed by atoms with Crippen LogP contribution in [0.1, 0.15) is 18.4 Å². The van der Waals surface area contributed by atoms with E-state index in [0.717, 1.165) is 12.1 Å². The van der Waals surface area contributed by atoms with E-state index in [1.54, 1.807) is 18.2 Å². The topological polar surface area (TPSA) is 101 Å². The van der Waals surface area contributed by atoms with Crippen LogP contribution in [0.3, 0.4) is 0 Å². The standard InChI is InChI=1S/C20H17Cl2N5/c1-2-27-6-5-13-15(8-23)19(26)20(10-24,11-25)18(16(13)9-27)14-7-12(21)3-4-17(14)22/h3-5,7,16,18H,2,6,9,26H2,1H3/t16-,18-/m0/s1. The summed E-state index contributed by atoms with van der Waals surface area (Å²) < 4.78 is 0. The van der Waals surface area contributed by atoms with Crippen LogP contribution >= 0.6 is 23.2 Å². The molecule has 27 heavy (non-hydrogen) atoms. The molecule has 2 N–H and O–H groups in total. The molecule has 0 bridgehead atoms. The summed E-state index contributed by atoms with van der Waals surface area (Å²) in [6, 6.07) is 11.3. The van der Waals surface area contributed by atoms with E-state index < -0.39 is 11.3 Å². The Morgan fingerprint density at radius 2 is 1.96 bits per heavy atom. The molecule has 1 aliphatic heterocycles. The molecule has 1 aromatic carbocycles. The lowest BCUT2D eigenvalue weighted by Crippen LogP contribution is -2.48. The summed E-state index contributed by atoms with van der Waals surface area (Å²) in [6.07, 6.45) is 1.97. The molecule has 0 saturated carbocycles. The van der Waals surface area contributed by atoms with Crippen LogP contribution in [0.15, 0.2) is 41.1 Å². The maximum atomic E-state index is 10.0. The molecular weight excluding hydrogens is 381 g/mol. The molecule has 136 valence electrons. The van der Waals surface area contributed by atoms with Crippen LogP contribution in [-0.4, -0.2) is 24.5 Å². The summed E-state index contributed by atoms with van der Waals surface area (Å²) in [7, 11) is 0. The third kappa shape index (κ3) is 2.88. The van der Waals surface area contributed by atoms with Gasteiger partial charge >= 0.3 is 0 Å². The summed E-state index contributed by atoms with van der Waals surface area (Å²) in [5, 5.41) is 30.6. The number of fused-ring (bicyclic) bond motifs is 1. The van der Waals surface area contributed by atoms with Gasteiger partial charge in [-0.3, -0.25) is 4.90 Å². The van der Waals surface area contributed by atoms with Gasteiger partial charge in [0.05, 0.1) is 23.4 Å². The Morgan fingerprint density at radius 1 is 1.26 bits per heavy atom. The van der Waals surface area contributed by atoms with Crippen molar-refractivity contribution in [2.45, 2.75) is 12.8 Å². The Labute approximate surface area is 168 Å². The van der Waals surface area contributed by atoms with E-state index >= 15 is 0 Å². The average molecular weight is 398 g/mol. The monoisotopic (exact) mass is 397 g/mol. The third-order valence-electron chi connectivity index (χ3n) is 5.48. The summed E-state index contributed by atoms with van der Waals surface area (Å²) in [5.41, 5.74) is 6.16. The molecule has 0 spiro atoms. The molecular formula is C20H17Cl2N5. The second-order valence-electron chi connectivity index (χ2n) is 6.69. The summed E-state index contributed by atoms with van der Waals surface area (Å²) >= 11 is 12.7. The first-order chi connectivity index (χ1) is 12.9. The molecule has 0 aromatic heterocycles. The molecule has 0 fully saturated rings. The zero-order valence-electron chi connectivity index (χ0n) is 14.7. The highest BCUT2D eigenvalue weighted by Gasteiger charge is 2.54. The van der Waals surface area contributed by atoms with E-state index in [1.165, 1.54) is 0 Å². The van der Waals surface area contributed by atoms with Crippen LogP contribution in [0.4, 0.5) is 0 Å². The minimum Gasteiger partial charge on any atom is -0.399 e. The molecule has 0 amide bonds. The van der Waals surface area contributed by atoms with E-state index in [1.807, 2.05) is 13.0 Å². The smallest absolute Gasteiger partial charge is 0.191 e. The molecule has 3 rings (SSSR count). The second-order valence-corrected chi connectivity index (χ2v) is 7.54. The molecule has 0 unspecified atom stereocenters. The van der Waals surface area contributed by atoms with E-state index in [4.69, 9.17) is 28.9 Å². The molecule has 0 radical (unpaired) electrons. The van der Waals surface area contributed by atoms with Crippen molar-refractivity contribution in [3.63, 3.8) is 0 Å². The predicted octanol–water partition coefficient (Wildman–Crippen LogP) is 3.74. The summed E-state index contributed by atoms with van der Waals surface area (Å²) in [5.74, 6) is -0.896. The number of nitrogens with zero attached hydrogens (tertiary/aromatic N) is 4. The van der Waals surface area contributed by atoms with Crippen LogP contribution < -0.4 is 5.73 Å². The van der Waals surface area contributed by atoms with Gasteiger partial charge in [-0.05, 0) is 35.9 Å². The SMILES string of the molecule is CCN1CC=C2C(C#N)=C(N)C(C#N)(C#N)[C@@H](c3cc(Cl)ccc3Cl)[C@H]2C1. The van der Waals surface area contributed by atoms with Gasteiger partial charge in [0, 0.05) is 35.0 Å². The lowest BCUT2D eigenvalue weighted by Gasteiger charge is -2.45. The second kappa shape index (κ2) is 7.26. The van der Waals surface area contributed by atoms with Crippen molar-refractivity contribution in [1.29, 1.82) is 15.8 Å². The number of rotatable bonds is 2. The molecule has 1 aliphatic carbocycles. The fraction of sp³-hybridized carbons (Fsp3) is 0.350. The first kappa shape index (κ1) is 19.3. The lowest BCUT2D eigenvalue weighted by atomic mass is 9.58. The Kier molecular flexibility index (Phi) is 5.18. The van der Waals surface area contributed by atoms with E-state index in [-0.39, 0.29) is 17.2 Å². The molecule has 5 nitrogen and oxygen atoms in total. The number of likely N-dealkylation sites (N-methyl/N-ethyl adjacent to an activating group) is 1. The molecule has 7 heteroatoms. The molecule has 1 aromatic rings. The highest BCUT2D eigenvalue weighted by molar-refractivity contribution is 6.33. The zero-order valence-corrected chi connectivity index (χ0v) is 16.2. The van der Waals surface area contributed by atoms with Gasteiger partial charge in [-0.1, -0.05) is 36.2 Å². The number of nitriles is 3. The van der Waals surface area contributed by atoms with Crippen LogP contribution in [0, 0.1) is 45.3 Å². The number of hydrogen-bond acceptors (Lipinski definition) is 5. The lowest BCUT2D eigenvalue weighted by molar-refractivity contribution is 0.214. The maximum Gasteiger partial charge on any atom is 0.191 e. The van der Waals surface area contributed by atoms with Crippen LogP contribution in [0.25, 0.3) is 0 Å². The fourth-order valence-electron chi connectivity index (χ4n) is 4.09. The van der Waals surface area contributed by atoms with Crippen molar-refractivity contribution in [1.82, 2.24) is 4.90 Å². The van der Waals surface area contributed by atoms with Gasteiger partial charge in [0.1, 0.15) is 6.07 Å². The first-order valence-electron chi connectivity index (χ1n) is 8.54. The van der Waals surface area contributed by atoms with Crippen molar-refractivity contribution < 1.29 is 0 Å². The minimum atomic E-state index is -1.70. The first-order valence-corrected chi connectivity index (χ1v) is 9.29. The number of benzene rings is 1. The van der Waals surface area contributed by atoms with Crippen LogP contribution in [-0.2, 0) is 0 Å². The van der Waals surface area contributed by atoms with Gasteiger partial charge < -0.3 is 5.73 Å².